The van der Waals surface area contributed by atoms with Gasteiger partial charge in [-0.25, -0.2) is 4.68 Å². The fraction of sp³-hybridized carbons (Fsp3) is 0.286. The first kappa shape index (κ1) is 30.7. The number of para-hydroxylation sites is 1. The average molecular weight is 655 g/mol. The molecular formula is C35H34N4O7S. The lowest BCUT2D eigenvalue weighted by Gasteiger charge is -2.29. The van der Waals surface area contributed by atoms with Crippen LogP contribution in [-0.4, -0.2) is 45.4 Å². The van der Waals surface area contributed by atoms with Crippen LogP contribution in [-0.2, 0) is 41.3 Å². The Bertz CT molecular complexity index is 2110. The highest BCUT2D eigenvalue weighted by Crippen LogP contribution is 2.37. The number of carboxylic acids is 1. The number of ether oxygens (including phenoxy) is 2. The number of nitrogens with zero attached hydrogens (tertiary/aromatic N) is 4. The second-order valence-corrected chi connectivity index (χ2v) is 13.5. The van der Waals surface area contributed by atoms with Gasteiger partial charge in [0.1, 0.15) is 29.4 Å². The normalized spacial score (nSPS) is 19.0. The van der Waals surface area contributed by atoms with Crippen LogP contribution in [0.25, 0.3) is 11.0 Å². The molecule has 0 saturated carbocycles. The van der Waals surface area contributed by atoms with Gasteiger partial charge in [0.05, 0.1) is 18.5 Å². The van der Waals surface area contributed by atoms with Crippen molar-refractivity contribution in [3.8, 4) is 17.2 Å². The minimum atomic E-state index is -4.09. The summed E-state index contributed by atoms with van der Waals surface area (Å²) in [5.41, 5.74) is 7.20. The number of hydrogen-bond acceptors (Lipinski definition) is 8. The number of hydrogen-bond donors (Lipinski definition) is 1. The smallest absolute Gasteiger partial charge is 0.385 e. The second-order valence-electron chi connectivity index (χ2n) is 12.0. The summed E-state index contributed by atoms with van der Waals surface area (Å²) < 4.78 is 47.5. The molecule has 0 fully saturated rings. The van der Waals surface area contributed by atoms with E-state index in [1.165, 1.54) is 4.31 Å². The predicted molar refractivity (Wildman–Crippen MR) is 174 cm³/mol. The molecule has 2 unspecified atom stereocenters. The number of aliphatic carboxylic acids is 1. The van der Waals surface area contributed by atoms with Gasteiger partial charge in [0.15, 0.2) is 0 Å². The lowest BCUT2D eigenvalue weighted by Crippen LogP contribution is -2.37. The van der Waals surface area contributed by atoms with Crippen LogP contribution in [0.4, 0.5) is 0 Å². The molecule has 4 aromatic carbocycles. The van der Waals surface area contributed by atoms with Gasteiger partial charge in [0.2, 0.25) is 0 Å². The van der Waals surface area contributed by atoms with E-state index in [1.807, 2.05) is 73.1 Å². The number of rotatable bonds is 2. The fourth-order valence-corrected chi connectivity index (χ4v) is 7.41. The molecule has 0 aliphatic carbocycles. The molecule has 242 valence electrons. The van der Waals surface area contributed by atoms with Crippen LogP contribution in [0.2, 0.25) is 0 Å². The van der Waals surface area contributed by atoms with Crippen LogP contribution in [0.3, 0.4) is 0 Å². The molecule has 2 atom stereocenters. The lowest BCUT2D eigenvalue weighted by molar-refractivity contribution is -0.137. The predicted octanol–water partition coefficient (Wildman–Crippen LogP) is 5.66. The van der Waals surface area contributed by atoms with Crippen molar-refractivity contribution in [2.45, 2.75) is 58.8 Å². The topological polar surface area (TPSA) is 133 Å². The molecule has 4 heterocycles. The van der Waals surface area contributed by atoms with Gasteiger partial charge in [-0.3, -0.25) is 4.79 Å². The largest absolute Gasteiger partial charge is 0.493 e. The minimum absolute atomic E-state index is 0.0450. The Hall–Kier alpha value is -4.94. The number of carbonyl (C=O) groups is 1. The summed E-state index contributed by atoms with van der Waals surface area (Å²) in [6.07, 6.45) is 0.537. The third kappa shape index (κ3) is 6.13. The van der Waals surface area contributed by atoms with E-state index in [4.69, 9.17) is 13.7 Å². The average Bonchev–Trinajstić information content (AvgIpc) is 3.46. The number of carboxylic acid groups (broad SMARTS) is 1. The Morgan fingerprint density at radius 3 is 2.62 bits per heavy atom. The quantitative estimate of drug-likeness (QED) is 0.256. The van der Waals surface area contributed by atoms with Crippen molar-refractivity contribution in [2.75, 3.05) is 6.61 Å². The van der Waals surface area contributed by atoms with Crippen molar-refractivity contribution >= 4 is 27.3 Å². The molecule has 47 heavy (non-hydrogen) atoms. The zero-order valence-electron chi connectivity index (χ0n) is 26.0. The minimum Gasteiger partial charge on any atom is -0.493 e. The molecule has 3 aliphatic rings. The summed E-state index contributed by atoms with van der Waals surface area (Å²) in [6.45, 7) is 5.28. The molecular weight excluding hydrogens is 620 g/mol. The van der Waals surface area contributed by atoms with E-state index >= 15 is 0 Å². The van der Waals surface area contributed by atoms with E-state index in [-0.39, 0.29) is 31.9 Å². The van der Waals surface area contributed by atoms with Crippen LogP contribution in [0, 0.1) is 13.8 Å². The van der Waals surface area contributed by atoms with Crippen molar-refractivity contribution < 1.29 is 32.0 Å². The Labute approximate surface area is 272 Å². The highest BCUT2D eigenvalue weighted by molar-refractivity contribution is 7.84. The summed E-state index contributed by atoms with van der Waals surface area (Å²) in [6, 6.07) is 22.4. The summed E-state index contributed by atoms with van der Waals surface area (Å²) in [4.78, 5) is 12.2. The number of fused-ring (bicyclic) bond motifs is 5. The van der Waals surface area contributed by atoms with Crippen LogP contribution >= 0.6 is 0 Å². The first-order valence-electron chi connectivity index (χ1n) is 15.5. The maximum absolute atomic E-state index is 13.3. The van der Waals surface area contributed by atoms with Gasteiger partial charge < -0.3 is 18.8 Å². The van der Waals surface area contributed by atoms with Crippen LogP contribution in [0.5, 0.6) is 17.2 Å². The van der Waals surface area contributed by atoms with E-state index in [1.54, 1.807) is 18.2 Å². The molecule has 12 heteroatoms. The van der Waals surface area contributed by atoms with Gasteiger partial charge in [-0.05, 0) is 72.0 Å². The third-order valence-corrected chi connectivity index (χ3v) is 10.2. The molecule has 5 aromatic rings. The van der Waals surface area contributed by atoms with Crippen LogP contribution in [0.1, 0.15) is 57.7 Å². The van der Waals surface area contributed by atoms with Gasteiger partial charge in [-0.1, -0.05) is 47.7 Å². The van der Waals surface area contributed by atoms with Gasteiger partial charge >= 0.3 is 16.3 Å². The Morgan fingerprint density at radius 2 is 1.77 bits per heavy atom. The van der Waals surface area contributed by atoms with Crippen molar-refractivity contribution in [1.82, 2.24) is 19.3 Å². The summed E-state index contributed by atoms with van der Waals surface area (Å²) in [5.74, 6) is 0.115. The molecule has 3 aliphatic heterocycles. The Kier molecular flexibility index (Phi) is 8.06. The first-order chi connectivity index (χ1) is 22.7. The number of aromatic nitrogens is 3. The summed E-state index contributed by atoms with van der Waals surface area (Å²) >= 11 is 0. The molecule has 11 nitrogen and oxygen atoms in total. The zero-order valence-corrected chi connectivity index (χ0v) is 26.9. The highest BCUT2D eigenvalue weighted by atomic mass is 32.2. The number of benzene rings is 4. The Balaban J connectivity index is 1.31. The van der Waals surface area contributed by atoms with E-state index < -0.39 is 22.2 Å². The van der Waals surface area contributed by atoms with Crippen molar-refractivity contribution in [3.63, 3.8) is 0 Å². The highest BCUT2D eigenvalue weighted by Gasteiger charge is 2.33. The van der Waals surface area contributed by atoms with E-state index in [2.05, 4.69) is 10.3 Å². The zero-order chi connectivity index (χ0) is 32.7. The third-order valence-electron chi connectivity index (χ3n) is 8.89. The van der Waals surface area contributed by atoms with Gasteiger partial charge in [0.25, 0.3) is 0 Å². The van der Waals surface area contributed by atoms with E-state index in [0.717, 1.165) is 44.6 Å². The van der Waals surface area contributed by atoms with Crippen LogP contribution in [0.15, 0.2) is 72.8 Å². The maximum Gasteiger partial charge on any atom is 0.385 e. The van der Waals surface area contributed by atoms with Crippen molar-refractivity contribution in [3.05, 3.63) is 112 Å². The number of aryl methyl sites for hydroxylation is 3. The maximum atomic E-state index is 13.3. The van der Waals surface area contributed by atoms with Crippen LogP contribution < -0.4 is 13.7 Å². The molecule has 0 radical (unpaired) electrons. The SMILES string of the molecule is Cc1ccc2cc1CN1Cc3cc(ccc3OS1(=O)=O)OCc1ccccc1OCCCn1nnc3c(C)c(ccc31)C2CC(=O)O. The molecule has 1 aromatic heterocycles. The van der Waals surface area contributed by atoms with Crippen molar-refractivity contribution in [2.24, 2.45) is 0 Å². The van der Waals surface area contributed by atoms with Gasteiger partial charge in [-0.2, -0.15) is 12.7 Å². The Morgan fingerprint density at radius 1 is 0.936 bits per heavy atom. The molecule has 0 saturated heterocycles. The molecule has 0 spiro atoms. The first-order valence-corrected chi connectivity index (χ1v) is 16.8. The van der Waals surface area contributed by atoms with Gasteiger partial charge in [0, 0.05) is 43.1 Å². The molecule has 8 rings (SSSR count). The molecule has 1 N–H and O–H groups in total. The monoisotopic (exact) mass is 654 g/mol. The van der Waals surface area contributed by atoms with Gasteiger partial charge in [-0.15, -0.1) is 5.10 Å². The molecule has 9 bridgehead atoms. The summed E-state index contributed by atoms with van der Waals surface area (Å²) in [7, 11) is -4.09. The van der Waals surface area contributed by atoms with E-state index in [0.29, 0.717) is 36.4 Å². The summed E-state index contributed by atoms with van der Waals surface area (Å²) in [5, 5.41) is 18.8. The van der Waals surface area contributed by atoms with E-state index in [9.17, 15) is 18.3 Å². The second kappa shape index (κ2) is 12.3. The van der Waals surface area contributed by atoms with Crippen molar-refractivity contribution in [1.29, 1.82) is 0 Å². The standard InChI is InChI=1S/C35H34N4O7S/c1-22-8-9-24-16-26(22)19-38-20-27-17-28(10-13-33(27)46-47(38,42)43)45-21-25-6-3-4-7-32(25)44-15-5-14-39-31-12-11-29(30(24)18-34(40)41)23(2)35(31)36-37-39/h3-4,6-13,16-17,30H,5,14-15,18-21H2,1-2H3,(H,40,41). The molecule has 0 amide bonds. The lowest BCUT2D eigenvalue weighted by atomic mass is 9.84. The fourth-order valence-electron chi connectivity index (χ4n) is 6.32.